The van der Waals surface area contributed by atoms with Crippen LogP contribution in [0.1, 0.15) is 10.4 Å². The van der Waals surface area contributed by atoms with Crippen molar-refractivity contribution < 1.29 is 28.9 Å². The van der Waals surface area contributed by atoms with Crippen LogP contribution in [-0.2, 0) is 9.53 Å². The van der Waals surface area contributed by atoms with Gasteiger partial charge in [-0.2, -0.15) is 0 Å². The first-order chi connectivity index (χ1) is 8.12. The van der Waals surface area contributed by atoms with E-state index in [2.05, 4.69) is 4.74 Å². The van der Waals surface area contributed by atoms with Crippen LogP contribution in [0.2, 0.25) is 0 Å². The van der Waals surface area contributed by atoms with Crippen molar-refractivity contribution in [2.45, 2.75) is 0 Å². The number of ether oxygens (including phenoxy) is 3. The zero-order valence-corrected chi connectivity index (χ0v) is 9.43. The average Bonchev–Trinajstić information content (AvgIpc) is 2.37. The van der Waals surface area contributed by atoms with Gasteiger partial charge in [0.05, 0.1) is 19.8 Å². The van der Waals surface area contributed by atoms with Crippen LogP contribution in [-0.4, -0.2) is 37.9 Å². The van der Waals surface area contributed by atoms with E-state index in [-0.39, 0.29) is 17.1 Å². The van der Waals surface area contributed by atoms with E-state index in [9.17, 15) is 9.59 Å². The Balaban J connectivity index is 3.06. The van der Waals surface area contributed by atoms with Crippen molar-refractivity contribution in [1.29, 1.82) is 0 Å². The van der Waals surface area contributed by atoms with Crippen molar-refractivity contribution in [3.8, 4) is 11.5 Å². The van der Waals surface area contributed by atoms with Gasteiger partial charge in [0, 0.05) is 0 Å². The molecule has 0 heterocycles. The summed E-state index contributed by atoms with van der Waals surface area (Å²) < 4.78 is 14.3. The highest BCUT2D eigenvalue weighted by atomic mass is 16.6. The van der Waals surface area contributed by atoms with Crippen LogP contribution in [0.5, 0.6) is 11.5 Å². The molecule has 0 saturated heterocycles. The minimum absolute atomic E-state index is 0.0504. The molecule has 6 nitrogen and oxygen atoms in total. The van der Waals surface area contributed by atoms with Gasteiger partial charge in [-0.3, -0.25) is 0 Å². The lowest BCUT2D eigenvalue weighted by Gasteiger charge is -2.09. The second kappa shape index (κ2) is 5.86. The zero-order valence-electron chi connectivity index (χ0n) is 9.43. The number of carbonyl (C=O) groups is 2. The van der Waals surface area contributed by atoms with Gasteiger partial charge >= 0.3 is 11.9 Å². The molecule has 1 aromatic carbocycles. The molecule has 1 N–H and O–H groups in total. The predicted molar refractivity (Wildman–Crippen MR) is 57.1 cm³/mol. The molecule has 6 heteroatoms. The van der Waals surface area contributed by atoms with Gasteiger partial charge in [0.25, 0.3) is 0 Å². The summed E-state index contributed by atoms with van der Waals surface area (Å²) in [5, 5.41) is 8.58. The van der Waals surface area contributed by atoms with Gasteiger partial charge in [0.15, 0.2) is 11.5 Å². The summed E-state index contributed by atoms with van der Waals surface area (Å²) in [4.78, 5) is 22.2. The molecule has 0 aliphatic heterocycles. The molecule has 0 amide bonds. The van der Waals surface area contributed by atoms with Crippen molar-refractivity contribution in [3.05, 3.63) is 23.8 Å². The zero-order chi connectivity index (χ0) is 12.8. The molecule has 0 bridgehead atoms. The van der Waals surface area contributed by atoms with Gasteiger partial charge < -0.3 is 19.3 Å². The Bertz CT molecular complexity index is 426. The molecule has 1 aromatic rings. The van der Waals surface area contributed by atoms with Crippen LogP contribution in [0.25, 0.3) is 0 Å². The van der Waals surface area contributed by atoms with Gasteiger partial charge in [-0.25, -0.2) is 9.59 Å². The largest absolute Gasteiger partial charge is 0.493 e. The number of hydrogen-bond donors (Lipinski definition) is 1. The van der Waals surface area contributed by atoms with E-state index in [1.807, 2.05) is 0 Å². The third-order valence-corrected chi connectivity index (χ3v) is 1.94. The second-order valence-corrected chi connectivity index (χ2v) is 2.99. The summed E-state index contributed by atoms with van der Waals surface area (Å²) in [6, 6.07) is 4.24. The van der Waals surface area contributed by atoms with E-state index in [0.29, 0.717) is 0 Å². The van der Waals surface area contributed by atoms with E-state index in [1.165, 1.54) is 32.4 Å². The van der Waals surface area contributed by atoms with Crippen molar-refractivity contribution in [1.82, 2.24) is 0 Å². The number of aliphatic hydroxyl groups excluding tert-OH is 1. The first kappa shape index (κ1) is 13.0. The third kappa shape index (κ3) is 3.18. The molecular formula is C11H12O6. The van der Waals surface area contributed by atoms with Crippen LogP contribution < -0.4 is 9.47 Å². The van der Waals surface area contributed by atoms with Crippen LogP contribution in [0.3, 0.4) is 0 Å². The molecule has 0 aliphatic carbocycles. The Morgan fingerprint density at radius 2 is 1.94 bits per heavy atom. The highest BCUT2D eigenvalue weighted by Gasteiger charge is 2.13. The van der Waals surface area contributed by atoms with Gasteiger partial charge in [0.2, 0.25) is 0 Å². The molecular weight excluding hydrogens is 228 g/mol. The van der Waals surface area contributed by atoms with Crippen molar-refractivity contribution >= 4 is 11.9 Å². The number of esters is 2. The van der Waals surface area contributed by atoms with E-state index >= 15 is 0 Å². The molecule has 0 aromatic heterocycles. The van der Waals surface area contributed by atoms with Crippen molar-refractivity contribution in [2.24, 2.45) is 0 Å². The number of aliphatic hydroxyl groups is 1. The highest BCUT2D eigenvalue weighted by Crippen LogP contribution is 2.28. The Labute approximate surface area is 97.7 Å². The molecule has 0 spiro atoms. The summed E-state index contributed by atoms with van der Waals surface area (Å²) in [7, 11) is 2.63. The number of hydrogen-bond acceptors (Lipinski definition) is 6. The number of rotatable bonds is 4. The maximum Gasteiger partial charge on any atom is 0.337 e. The molecule has 92 valence electrons. The van der Waals surface area contributed by atoms with E-state index in [1.54, 1.807) is 0 Å². The fraction of sp³-hybridized carbons (Fsp3) is 0.273. The quantitative estimate of drug-likeness (QED) is 0.605. The SMILES string of the molecule is COC(=O)c1ccc(OC)c(OC(=O)CO)c1. The summed E-state index contributed by atoms with van der Waals surface area (Å²) >= 11 is 0. The lowest BCUT2D eigenvalue weighted by molar-refractivity contribution is -0.137. The van der Waals surface area contributed by atoms with Gasteiger partial charge in [0.1, 0.15) is 6.61 Å². The van der Waals surface area contributed by atoms with E-state index in [0.717, 1.165) is 0 Å². The fourth-order valence-corrected chi connectivity index (χ4v) is 1.16. The minimum atomic E-state index is -0.842. The predicted octanol–water partition coefficient (Wildman–Crippen LogP) is 0.380. The van der Waals surface area contributed by atoms with Crippen molar-refractivity contribution in [2.75, 3.05) is 20.8 Å². The summed E-state index contributed by atoms with van der Waals surface area (Å²) in [5.74, 6) is -1.08. The number of carbonyl (C=O) groups excluding carboxylic acids is 2. The van der Waals surface area contributed by atoms with Gasteiger partial charge in [-0.05, 0) is 18.2 Å². The van der Waals surface area contributed by atoms with E-state index < -0.39 is 18.5 Å². The highest BCUT2D eigenvalue weighted by molar-refractivity contribution is 5.90. The maximum absolute atomic E-state index is 11.3. The molecule has 0 unspecified atom stereocenters. The van der Waals surface area contributed by atoms with Crippen LogP contribution in [0, 0.1) is 0 Å². The summed E-state index contributed by atoms with van der Waals surface area (Å²) in [5.41, 5.74) is 0.217. The standard InChI is InChI=1S/C11H12O6/c1-15-8-4-3-7(11(14)16-2)5-9(8)17-10(13)6-12/h3-5,12H,6H2,1-2H3. The van der Waals surface area contributed by atoms with Crippen LogP contribution in [0.4, 0.5) is 0 Å². The normalized spacial score (nSPS) is 9.59. The maximum atomic E-state index is 11.3. The third-order valence-electron chi connectivity index (χ3n) is 1.94. The number of methoxy groups -OCH3 is 2. The van der Waals surface area contributed by atoms with Gasteiger partial charge in [-0.15, -0.1) is 0 Å². The number of benzene rings is 1. The fourth-order valence-electron chi connectivity index (χ4n) is 1.16. The Hall–Kier alpha value is -2.08. The van der Waals surface area contributed by atoms with Crippen molar-refractivity contribution in [3.63, 3.8) is 0 Å². The molecule has 0 fully saturated rings. The lowest BCUT2D eigenvalue weighted by Crippen LogP contribution is -2.13. The average molecular weight is 240 g/mol. The summed E-state index contributed by atoms with van der Waals surface area (Å²) in [6.07, 6.45) is 0. The first-order valence-corrected chi connectivity index (χ1v) is 4.70. The molecule has 0 aliphatic rings. The van der Waals surface area contributed by atoms with Gasteiger partial charge in [-0.1, -0.05) is 0 Å². The molecule has 0 saturated carbocycles. The Morgan fingerprint density at radius 3 is 2.47 bits per heavy atom. The van der Waals surface area contributed by atoms with Crippen LogP contribution >= 0.6 is 0 Å². The lowest BCUT2D eigenvalue weighted by atomic mass is 10.2. The Kier molecular flexibility index (Phi) is 4.47. The monoisotopic (exact) mass is 240 g/mol. The van der Waals surface area contributed by atoms with E-state index in [4.69, 9.17) is 14.6 Å². The molecule has 1 rings (SSSR count). The molecule has 17 heavy (non-hydrogen) atoms. The molecule has 0 radical (unpaired) electrons. The summed E-state index contributed by atoms with van der Waals surface area (Å²) in [6.45, 7) is -0.758. The minimum Gasteiger partial charge on any atom is -0.493 e. The first-order valence-electron chi connectivity index (χ1n) is 4.70. The second-order valence-electron chi connectivity index (χ2n) is 2.99. The topological polar surface area (TPSA) is 82.1 Å². The Morgan fingerprint density at radius 1 is 1.24 bits per heavy atom. The smallest absolute Gasteiger partial charge is 0.337 e. The molecule has 0 atom stereocenters. The van der Waals surface area contributed by atoms with Crippen LogP contribution in [0.15, 0.2) is 18.2 Å².